The normalized spacial score (nSPS) is 13.3. The molecule has 0 saturated carbocycles. The van der Waals surface area contributed by atoms with Gasteiger partial charge in [-0.15, -0.1) is 0 Å². The van der Waals surface area contributed by atoms with Gasteiger partial charge in [0.05, 0.1) is 40.3 Å². The van der Waals surface area contributed by atoms with Crippen LogP contribution in [0.1, 0.15) is 322 Å². The van der Waals surface area contributed by atoms with E-state index < -0.39 is 24.3 Å². The summed E-state index contributed by atoms with van der Waals surface area (Å²) in [4.78, 5) is 37.5. The molecule has 0 rings (SSSR count). The van der Waals surface area contributed by atoms with Crippen LogP contribution in [-0.2, 0) is 33.3 Å². The van der Waals surface area contributed by atoms with Gasteiger partial charge in [-0.25, -0.2) is 0 Å². The molecule has 0 aliphatic rings. The van der Waals surface area contributed by atoms with E-state index in [-0.39, 0.29) is 32.2 Å². The number of ether oxygens (including phenoxy) is 4. The van der Waals surface area contributed by atoms with Gasteiger partial charge in [-0.1, -0.05) is 310 Å². The van der Waals surface area contributed by atoms with Crippen LogP contribution in [0.3, 0.4) is 0 Å². The molecule has 2 atom stereocenters. The molecule has 0 aliphatic heterocycles. The number of carbonyl (C=O) groups is 3. The summed E-state index contributed by atoms with van der Waals surface area (Å²) in [5.41, 5.74) is 0. The Morgan fingerprint density at radius 3 is 0.977 bits per heavy atom. The fourth-order valence-electron chi connectivity index (χ4n) is 10.3. The first-order valence-corrected chi connectivity index (χ1v) is 36.4. The third kappa shape index (κ3) is 69.5. The summed E-state index contributed by atoms with van der Waals surface area (Å²) in [6, 6.07) is 0. The van der Waals surface area contributed by atoms with E-state index in [0.717, 1.165) is 83.5 Å². The topological polar surface area (TPSA) is 111 Å². The van der Waals surface area contributed by atoms with E-state index >= 15 is 0 Å². The molecule has 0 amide bonds. The summed E-state index contributed by atoms with van der Waals surface area (Å²) in [6.07, 6.45) is 90.6. The van der Waals surface area contributed by atoms with E-state index in [1.165, 1.54) is 205 Å². The summed E-state index contributed by atoms with van der Waals surface area (Å²) >= 11 is 0. The molecule has 0 N–H and O–H groups in total. The van der Waals surface area contributed by atoms with Gasteiger partial charge in [0.25, 0.3) is 0 Å². The first kappa shape index (κ1) is 83.2. The van der Waals surface area contributed by atoms with Gasteiger partial charge < -0.3 is 33.3 Å². The van der Waals surface area contributed by atoms with Crippen molar-refractivity contribution in [1.29, 1.82) is 0 Å². The van der Waals surface area contributed by atoms with Gasteiger partial charge in [0.1, 0.15) is 13.2 Å². The Bertz CT molecular complexity index is 1750. The Kier molecular flexibility index (Phi) is 65.2. The van der Waals surface area contributed by atoms with Gasteiger partial charge in [-0.3, -0.25) is 9.59 Å². The largest absolute Gasteiger partial charge is 0.545 e. The highest BCUT2D eigenvalue weighted by Gasteiger charge is 2.22. The summed E-state index contributed by atoms with van der Waals surface area (Å²) in [7, 11) is 5.94. The molecule has 87 heavy (non-hydrogen) atoms. The lowest BCUT2D eigenvalue weighted by molar-refractivity contribution is -0.870. The molecule has 502 valence electrons. The number of quaternary nitrogens is 1. The number of rotatable bonds is 67. The fraction of sp³-hybridized carbons (Fsp3) is 0.756. The second-order valence-corrected chi connectivity index (χ2v) is 25.5. The van der Waals surface area contributed by atoms with E-state index in [0.29, 0.717) is 23.9 Å². The third-order valence-corrected chi connectivity index (χ3v) is 15.8. The molecular weight excluding hydrogens is 1080 g/mol. The van der Waals surface area contributed by atoms with Crippen LogP contribution in [0, 0.1) is 0 Å². The van der Waals surface area contributed by atoms with Gasteiger partial charge in [0, 0.05) is 12.8 Å². The molecule has 9 heteroatoms. The standard InChI is InChI=1S/C78H137NO8/c1-6-8-10-12-14-16-18-20-22-24-26-28-30-32-34-36-38-40-42-44-46-48-50-52-54-56-58-60-62-64-66-68-75(80)85-72-74(73-86-78(77(82)83)84-71-70-79(3,4)5)87-76(81)69-67-65-63-61-59-57-55-53-51-49-47-45-43-41-39-37-35-33-31-29-27-25-23-21-19-17-15-13-11-9-7-2/h9,11,15,17-18,20-21,23-24,26-27,29-30,32-33,35,74,78H,6-8,10,12-14,16,19,22,25,28,31,34,36-73H2,1-5H3/b11-9-,17-15-,20-18-,23-21-,26-24-,29-27-,32-30-,35-33-. The number of nitrogens with zero attached hydrogens (tertiary/aromatic N) is 1. The highest BCUT2D eigenvalue weighted by atomic mass is 16.7. The first-order valence-electron chi connectivity index (χ1n) is 36.4. The number of carboxylic acid groups (broad SMARTS) is 1. The Morgan fingerprint density at radius 1 is 0.356 bits per heavy atom. The molecule has 0 radical (unpaired) electrons. The highest BCUT2D eigenvalue weighted by Crippen LogP contribution is 2.18. The molecule has 0 saturated heterocycles. The number of aliphatic carboxylic acids is 1. The van der Waals surface area contributed by atoms with E-state index in [1.54, 1.807) is 0 Å². The van der Waals surface area contributed by atoms with Crippen LogP contribution in [0.4, 0.5) is 0 Å². The minimum atomic E-state index is -1.63. The Balaban J connectivity index is 4.09. The third-order valence-electron chi connectivity index (χ3n) is 15.8. The van der Waals surface area contributed by atoms with Crippen LogP contribution < -0.4 is 5.11 Å². The lowest BCUT2D eigenvalue weighted by atomic mass is 10.0. The molecule has 0 fully saturated rings. The van der Waals surface area contributed by atoms with Crippen molar-refractivity contribution in [2.45, 2.75) is 334 Å². The summed E-state index contributed by atoms with van der Waals surface area (Å²) < 4.78 is 22.8. The van der Waals surface area contributed by atoms with Crippen molar-refractivity contribution < 1.29 is 42.9 Å². The zero-order chi connectivity index (χ0) is 63.3. The summed E-state index contributed by atoms with van der Waals surface area (Å²) in [5, 5.41) is 11.8. The van der Waals surface area contributed by atoms with Crippen molar-refractivity contribution in [3.63, 3.8) is 0 Å². The average molecular weight is 1220 g/mol. The quantitative estimate of drug-likeness (QED) is 0.0195. The number of allylic oxidation sites excluding steroid dienone is 16. The van der Waals surface area contributed by atoms with Gasteiger partial charge in [0.15, 0.2) is 12.4 Å². The van der Waals surface area contributed by atoms with Crippen LogP contribution in [-0.4, -0.2) is 82.3 Å². The number of carboxylic acids is 1. The molecule has 2 unspecified atom stereocenters. The van der Waals surface area contributed by atoms with E-state index in [9.17, 15) is 19.5 Å². The Hall–Kier alpha value is -3.79. The van der Waals surface area contributed by atoms with E-state index in [4.69, 9.17) is 18.9 Å². The molecule has 0 aromatic carbocycles. The monoisotopic (exact) mass is 1220 g/mol. The Labute approximate surface area is 537 Å². The molecular formula is C78H137NO8. The maximum atomic E-state index is 12.9. The molecule has 0 aliphatic carbocycles. The van der Waals surface area contributed by atoms with Crippen LogP contribution in [0.5, 0.6) is 0 Å². The second kappa shape index (κ2) is 68.1. The minimum Gasteiger partial charge on any atom is -0.545 e. The molecule has 0 aromatic heterocycles. The smallest absolute Gasteiger partial charge is 0.306 e. The molecule has 0 bridgehead atoms. The number of hydrogen-bond donors (Lipinski definition) is 0. The van der Waals surface area contributed by atoms with Gasteiger partial charge >= 0.3 is 11.9 Å². The van der Waals surface area contributed by atoms with E-state index in [1.807, 2.05) is 21.1 Å². The number of unbranched alkanes of at least 4 members (excludes halogenated alkanes) is 36. The Morgan fingerprint density at radius 2 is 0.655 bits per heavy atom. The van der Waals surface area contributed by atoms with Crippen molar-refractivity contribution >= 4 is 17.9 Å². The van der Waals surface area contributed by atoms with Crippen molar-refractivity contribution in [1.82, 2.24) is 0 Å². The first-order chi connectivity index (χ1) is 42.6. The van der Waals surface area contributed by atoms with Crippen LogP contribution in [0.2, 0.25) is 0 Å². The molecule has 9 nitrogen and oxygen atoms in total. The van der Waals surface area contributed by atoms with Crippen molar-refractivity contribution in [2.75, 3.05) is 47.5 Å². The van der Waals surface area contributed by atoms with Crippen LogP contribution in [0.25, 0.3) is 0 Å². The molecule has 0 heterocycles. The summed E-state index contributed by atoms with van der Waals surface area (Å²) in [5.74, 6) is -2.27. The number of likely N-dealkylation sites (N-methyl/N-ethyl adjacent to an activating group) is 1. The molecule has 0 spiro atoms. The van der Waals surface area contributed by atoms with Gasteiger partial charge in [-0.2, -0.15) is 0 Å². The van der Waals surface area contributed by atoms with Gasteiger partial charge in [0.2, 0.25) is 0 Å². The van der Waals surface area contributed by atoms with Gasteiger partial charge in [-0.05, 0) is 96.3 Å². The zero-order valence-electron chi connectivity index (χ0n) is 57.4. The number of carbonyl (C=O) groups excluding carboxylic acids is 3. The number of esters is 2. The minimum absolute atomic E-state index is 0.146. The zero-order valence-corrected chi connectivity index (χ0v) is 57.4. The maximum Gasteiger partial charge on any atom is 0.306 e. The predicted octanol–water partition coefficient (Wildman–Crippen LogP) is 21.5. The predicted molar refractivity (Wildman–Crippen MR) is 371 cm³/mol. The van der Waals surface area contributed by atoms with E-state index in [2.05, 4.69) is 111 Å². The van der Waals surface area contributed by atoms with Crippen LogP contribution >= 0.6 is 0 Å². The second-order valence-electron chi connectivity index (χ2n) is 25.5. The molecule has 0 aromatic rings. The lowest BCUT2D eigenvalue weighted by Gasteiger charge is -2.26. The lowest BCUT2D eigenvalue weighted by Crippen LogP contribution is -2.44. The van der Waals surface area contributed by atoms with Crippen molar-refractivity contribution in [3.05, 3.63) is 97.2 Å². The van der Waals surface area contributed by atoms with Crippen LogP contribution in [0.15, 0.2) is 97.2 Å². The highest BCUT2D eigenvalue weighted by molar-refractivity contribution is 5.70. The average Bonchev–Trinajstić information content (AvgIpc) is 3.56. The SMILES string of the molecule is CC/C=C\C/C=C\C/C=C\C/C=C\C/C=C\CCCCCCCCCCCCCCCCCC(=O)OC(COC(=O)CCCCCCCCCCCCCCCCCC/C=C\C/C=C\C/C=C\CCCCCCC)COC(OCC[N+](C)(C)C)C(=O)[O-]. The van der Waals surface area contributed by atoms with Crippen molar-refractivity contribution in [3.8, 4) is 0 Å². The maximum absolute atomic E-state index is 12.9. The summed E-state index contributed by atoms with van der Waals surface area (Å²) in [6.45, 7) is 4.66. The fourth-order valence-corrected chi connectivity index (χ4v) is 10.3. The van der Waals surface area contributed by atoms with Crippen molar-refractivity contribution in [2.24, 2.45) is 0 Å². The number of hydrogen-bond acceptors (Lipinski definition) is 8.